The molecule has 0 aromatic rings. The molecule has 1 atom stereocenters. The Balaban J connectivity index is 3.52. The van der Waals surface area contributed by atoms with Gasteiger partial charge in [-0.15, -0.1) is 0 Å². The maximum atomic E-state index is 9.91. The van der Waals surface area contributed by atoms with Crippen LogP contribution in [0, 0.1) is 0 Å². The van der Waals surface area contributed by atoms with Gasteiger partial charge in [-0.25, -0.2) is 0 Å². The average molecular weight is 116 g/mol. The van der Waals surface area contributed by atoms with Crippen LogP contribution in [0.15, 0.2) is 0 Å². The first-order valence-corrected chi connectivity index (χ1v) is 2.10. The molecule has 0 aromatic heterocycles. The second kappa shape index (κ2) is 3.46. The van der Waals surface area contributed by atoms with Crippen molar-refractivity contribution in [2.75, 3.05) is 7.05 Å². The molecule has 0 aliphatic heterocycles. The van der Waals surface area contributed by atoms with Gasteiger partial charge < -0.3 is 15.4 Å². The molecule has 3 N–H and O–H groups in total. The Morgan fingerprint density at radius 3 is 2.38 bits per heavy atom. The Morgan fingerprint density at radius 1 is 1.88 bits per heavy atom. The second-order valence-corrected chi connectivity index (χ2v) is 1.25. The lowest BCUT2D eigenvalue weighted by Crippen LogP contribution is -2.39. The summed E-state index contributed by atoms with van der Waals surface area (Å²) in [6, 6.07) is 0. The predicted octanol–water partition coefficient (Wildman–Crippen LogP) is -1.77. The summed E-state index contributed by atoms with van der Waals surface area (Å²) in [4.78, 5) is 9.91. The number of carbonyl (C=O) groups is 1. The van der Waals surface area contributed by atoms with Gasteiger partial charge in [0.25, 0.3) is 0 Å². The quantitative estimate of drug-likeness (QED) is 0.381. The molecule has 0 spiro atoms. The maximum absolute atomic E-state index is 9.91. The molecule has 1 radical (unpaired) electrons. The summed E-state index contributed by atoms with van der Waals surface area (Å²) in [6.45, 7) is 0. The third kappa shape index (κ3) is 1.95. The van der Waals surface area contributed by atoms with E-state index in [1.807, 2.05) is 0 Å². The zero-order valence-electron chi connectivity index (χ0n) is 4.46. The molecule has 0 bridgehead atoms. The monoisotopic (exact) mass is 116 g/mol. The normalized spacial score (nSPS) is 12.8. The molecular formula is C3H7BNO3. The van der Waals surface area contributed by atoms with E-state index in [4.69, 9.17) is 10.1 Å². The first-order chi connectivity index (χ1) is 3.72. The molecule has 0 saturated heterocycles. The van der Waals surface area contributed by atoms with Crippen molar-refractivity contribution in [1.82, 2.24) is 5.32 Å². The molecule has 0 unspecified atom stereocenters. The molecule has 4 nitrogen and oxygen atoms in total. The van der Waals surface area contributed by atoms with Crippen molar-refractivity contribution in [1.29, 1.82) is 0 Å². The van der Waals surface area contributed by atoms with Crippen LogP contribution in [0.1, 0.15) is 0 Å². The van der Waals surface area contributed by atoms with E-state index in [1.165, 1.54) is 7.05 Å². The van der Waals surface area contributed by atoms with E-state index in [0.717, 1.165) is 0 Å². The smallest absolute Gasteiger partial charge is 0.318 e. The van der Waals surface area contributed by atoms with Crippen LogP contribution in [-0.2, 0) is 4.79 Å². The van der Waals surface area contributed by atoms with Crippen LogP contribution >= 0.6 is 0 Å². The van der Waals surface area contributed by atoms with Crippen LogP contribution in [0.2, 0.25) is 0 Å². The number of aliphatic carboxylic acids is 1. The van der Waals surface area contributed by atoms with Gasteiger partial charge in [-0.3, -0.25) is 4.79 Å². The number of nitrogens with one attached hydrogen (secondary N) is 1. The predicted molar refractivity (Wildman–Crippen MR) is 28.5 cm³/mol. The van der Waals surface area contributed by atoms with E-state index in [2.05, 4.69) is 5.32 Å². The van der Waals surface area contributed by atoms with Gasteiger partial charge in [0.05, 0.1) is 0 Å². The minimum Gasteiger partial charge on any atom is -0.481 e. The topological polar surface area (TPSA) is 69.6 Å². The lowest BCUT2D eigenvalue weighted by atomic mass is 9.89. The summed E-state index contributed by atoms with van der Waals surface area (Å²) in [5, 5.41) is 18.6. The Bertz CT molecular complexity index is 82.6. The number of hydrogen-bond acceptors (Lipinski definition) is 3. The summed E-state index contributed by atoms with van der Waals surface area (Å²) < 4.78 is 0. The van der Waals surface area contributed by atoms with E-state index in [9.17, 15) is 4.79 Å². The fourth-order valence-electron chi connectivity index (χ4n) is 0.262. The summed E-state index contributed by atoms with van der Waals surface area (Å²) >= 11 is 0. The first-order valence-electron chi connectivity index (χ1n) is 2.10. The second-order valence-electron chi connectivity index (χ2n) is 1.25. The van der Waals surface area contributed by atoms with E-state index in [-0.39, 0.29) is 0 Å². The van der Waals surface area contributed by atoms with Gasteiger partial charge >= 0.3 is 13.5 Å². The Kier molecular flexibility index (Phi) is 3.22. The highest BCUT2D eigenvalue weighted by Crippen LogP contribution is 1.74. The van der Waals surface area contributed by atoms with Crippen molar-refractivity contribution in [2.24, 2.45) is 0 Å². The Morgan fingerprint density at radius 2 is 2.38 bits per heavy atom. The third-order valence-electron chi connectivity index (χ3n) is 0.726. The van der Waals surface area contributed by atoms with Crippen molar-refractivity contribution < 1.29 is 14.9 Å². The zero-order valence-corrected chi connectivity index (χ0v) is 4.46. The van der Waals surface area contributed by atoms with Crippen molar-refractivity contribution in [3.05, 3.63) is 0 Å². The Labute approximate surface area is 47.8 Å². The molecule has 0 rings (SSSR count). The molecule has 0 fully saturated rings. The van der Waals surface area contributed by atoms with Crippen LogP contribution in [0.4, 0.5) is 0 Å². The van der Waals surface area contributed by atoms with Gasteiger partial charge in [-0.2, -0.15) is 0 Å². The van der Waals surface area contributed by atoms with Gasteiger partial charge in [0.15, 0.2) is 0 Å². The largest absolute Gasteiger partial charge is 0.481 e. The van der Waals surface area contributed by atoms with Gasteiger partial charge in [0.2, 0.25) is 0 Å². The van der Waals surface area contributed by atoms with Gasteiger partial charge in [-0.1, -0.05) is 0 Å². The fourth-order valence-corrected chi connectivity index (χ4v) is 0.262. The van der Waals surface area contributed by atoms with Crippen LogP contribution in [0.3, 0.4) is 0 Å². The van der Waals surface area contributed by atoms with Crippen molar-refractivity contribution in [2.45, 2.75) is 5.94 Å². The highest BCUT2D eigenvalue weighted by Gasteiger charge is 2.13. The van der Waals surface area contributed by atoms with E-state index < -0.39 is 11.9 Å². The molecule has 0 amide bonds. The highest BCUT2D eigenvalue weighted by molar-refractivity contribution is 6.35. The molecule has 0 aromatic carbocycles. The van der Waals surface area contributed by atoms with E-state index in [1.54, 1.807) is 0 Å². The number of hydrogen-bond donors (Lipinski definition) is 3. The van der Waals surface area contributed by atoms with Crippen LogP contribution in [0.5, 0.6) is 0 Å². The molecule has 0 aliphatic carbocycles. The first kappa shape index (κ1) is 7.45. The van der Waals surface area contributed by atoms with Gasteiger partial charge in [0, 0.05) is 0 Å². The Hall–Kier alpha value is -0.545. The molecule has 45 valence electrons. The number of likely N-dealkylation sites (N-methyl/N-ethyl adjacent to an activating group) is 1. The molecule has 0 heterocycles. The summed E-state index contributed by atoms with van der Waals surface area (Å²) in [6.07, 6.45) is 0. The van der Waals surface area contributed by atoms with Crippen LogP contribution < -0.4 is 5.32 Å². The van der Waals surface area contributed by atoms with Crippen LogP contribution in [0.25, 0.3) is 0 Å². The van der Waals surface area contributed by atoms with Crippen LogP contribution in [-0.4, -0.2) is 36.6 Å². The maximum Gasteiger partial charge on any atom is 0.318 e. The van der Waals surface area contributed by atoms with E-state index in [0.29, 0.717) is 7.48 Å². The molecule has 0 aliphatic rings. The molecule has 8 heavy (non-hydrogen) atoms. The van der Waals surface area contributed by atoms with Crippen molar-refractivity contribution in [3.63, 3.8) is 0 Å². The molecular weight excluding hydrogens is 109 g/mol. The number of carboxylic acids is 1. The van der Waals surface area contributed by atoms with Gasteiger partial charge in [0.1, 0.15) is 5.94 Å². The molecule has 5 heteroatoms. The van der Waals surface area contributed by atoms with Gasteiger partial charge in [-0.05, 0) is 7.05 Å². The lowest BCUT2D eigenvalue weighted by molar-refractivity contribution is -0.137. The van der Waals surface area contributed by atoms with E-state index >= 15 is 0 Å². The zero-order chi connectivity index (χ0) is 6.57. The van der Waals surface area contributed by atoms with Crippen molar-refractivity contribution in [3.8, 4) is 0 Å². The molecule has 0 saturated carbocycles. The summed E-state index contributed by atoms with van der Waals surface area (Å²) in [5.74, 6) is -2.04. The lowest BCUT2D eigenvalue weighted by Gasteiger charge is -2.02. The fraction of sp³-hybridized carbons (Fsp3) is 0.667. The summed E-state index contributed by atoms with van der Waals surface area (Å²) in [7, 11) is 2.04. The number of rotatable bonds is 3. The third-order valence-corrected chi connectivity index (χ3v) is 0.726. The summed E-state index contributed by atoms with van der Waals surface area (Å²) in [5.41, 5.74) is 0. The minimum absolute atomic E-state index is 0.586. The standard InChI is InChI=1S/C3H7BNO3/c1-5-2(4-8)3(6)7/h2,5,8H,1H3,(H,6,7)/t2-/m1/s1. The number of carboxylic acid groups (broad SMARTS) is 1. The highest BCUT2D eigenvalue weighted by atomic mass is 16.4. The minimum atomic E-state index is -1.09. The SMILES string of the molecule is CN[C@@H]([B]O)C(=O)O. The average Bonchev–Trinajstić information content (AvgIpc) is 1.69. The van der Waals surface area contributed by atoms with Crippen molar-refractivity contribution >= 4 is 13.5 Å².